The van der Waals surface area contributed by atoms with E-state index in [2.05, 4.69) is 14.6 Å². The molecule has 1 saturated heterocycles. The van der Waals surface area contributed by atoms with Gasteiger partial charge in [-0.15, -0.1) is 5.06 Å². The number of carbonyl (C=O) groups excluding carboxylic acids is 4. The second-order valence-corrected chi connectivity index (χ2v) is 3.52. The minimum absolute atomic E-state index is 0.0230. The van der Waals surface area contributed by atoms with Gasteiger partial charge in [-0.2, -0.15) is 4.89 Å². The zero-order chi connectivity index (χ0) is 13.5. The molecule has 2 amide bonds. The van der Waals surface area contributed by atoms with Crippen LogP contribution in [0, 0.1) is 0 Å². The Balaban J connectivity index is 2.23. The lowest BCUT2D eigenvalue weighted by Gasteiger charge is -2.12. The molecular formula is C10H13NO7. The summed E-state index contributed by atoms with van der Waals surface area (Å²) in [6.07, 6.45) is 0.149. The van der Waals surface area contributed by atoms with E-state index in [4.69, 9.17) is 0 Å². The van der Waals surface area contributed by atoms with Gasteiger partial charge in [-0.3, -0.25) is 14.5 Å². The maximum absolute atomic E-state index is 11.3. The fraction of sp³-hybridized carbons (Fsp3) is 0.600. The summed E-state index contributed by atoms with van der Waals surface area (Å²) in [5.41, 5.74) is 0. The molecule has 8 nitrogen and oxygen atoms in total. The molecule has 1 heterocycles. The molecule has 1 aliphatic heterocycles. The largest absolute Gasteiger partial charge is 0.342 e. The number of carbonyl (C=O) groups is 4. The number of amides is 2. The minimum atomic E-state index is -0.746. The van der Waals surface area contributed by atoms with Crippen LogP contribution in [0.4, 0.5) is 0 Å². The van der Waals surface area contributed by atoms with E-state index in [0.29, 0.717) is 5.06 Å². The van der Waals surface area contributed by atoms with Crippen molar-refractivity contribution in [2.24, 2.45) is 0 Å². The number of hydrogen-bond acceptors (Lipinski definition) is 7. The summed E-state index contributed by atoms with van der Waals surface area (Å²) in [7, 11) is 1.19. The Hall–Kier alpha value is -1.96. The summed E-state index contributed by atoms with van der Waals surface area (Å²) in [5, 5.41) is 0.468. The molecule has 0 bridgehead atoms. The van der Waals surface area contributed by atoms with Crippen molar-refractivity contribution in [3.63, 3.8) is 0 Å². The van der Waals surface area contributed by atoms with Gasteiger partial charge in [0, 0.05) is 25.7 Å². The van der Waals surface area contributed by atoms with Gasteiger partial charge in [-0.05, 0) is 6.42 Å². The van der Waals surface area contributed by atoms with E-state index >= 15 is 0 Å². The highest BCUT2D eigenvalue weighted by Gasteiger charge is 2.32. The molecular weight excluding hydrogens is 246 g/mol. The van der Waals surface area contributed by atoms with E-state index in [1.54, 1.807) is 0 Å². The van der Waals surface area contributed by atoms with Gasteiger partial charge in [0.25, 0.3) is 11.8 Å². The molecule has 0 spiro atoms. The van der Waals surface area contributed by atoms with Gasteiger partial charge in [0.15, 0.2) is 0 Å². The van der Waals surface area contributed by atoms with E-state index in [0.717, 1.165) is 0 Å². The zero-order valence-corrected chi connectivity index (χ0v) is 9.84. The fourth-order valence-electron chi connectivity index (χ4n) is 1.32. The van der Waals surface area contributed by atoms with E-state index in [9.17, 15) is 19.2 Å². The van der Waals surface area contributed by atoms with E-state index in [-0.39, 0.29) is 32.1 Å². The number of nitrogens with zero attached hydrogens (tertiary/aromatic N) is 1. The number of rotatable bonds is 6. The number of hydroxylamine groups is 2. The molecule has 0 saturated carbocycles. The quantitative estimate of drug-likeness (QED) is 0.372. The Labute approximate surface area is 103 Å². The SMILES string of the molecule is COOC(=O)CCCC(=O)ON1C(=O)CCC1=O. The first-order chi connectivity index (χ1) is 8.54. The summed E-state index contributed by atoms with van der Waals surface area (Å²) < 4.78 is 0. The normalized spacial score (nSPS) is 14.8. The van der Waals surface area contributed by atoms with Crippen molar-refractivity contribution in [3.8, 4) is 0 Å². The van der Waals surface area contributed by atoms with Gasteiger partial charge in [-0.25, -0.2) is 9.59 Å². The van der Waals surface area contributed by atoms with E-state index in [1.165, 1.54) is 7.11 Å². The number of imide groups is 1. The predicted molar refractivity (Wildman–Crippen MR) is 54.1 cm³/mol. The lowest BCUT2D eigenvalue weighted by Crippen LogP contribution is -2.32. The second-order valence-electron chi connectivity index (χ2n) is 3.52. The molecule has 0 aromatic carbocycles. The first-order valence-electron chi connectivity index (χ1n) is 5.34. The second kappa shape index (κ2) is 6.70. The van der Waals surface area contributed by atoms with Crippen molar-refractivity contribution in [2.75, 3.05) is 7.11 Å². The van der Waals surface area contributed by atoms with Crippen molar-refractivity contribution >= 4 is 23.8 Å². The van der Waals surface area contributed by atoms with Crippen LogP contribution in [-0.4, -0.2) is 35.9 Å². The molecule has 0 radical (unpaired) electrons. The summed E-state index contributed by atoms with van der Waals surface area (Å²) in [5.74, 6) is -2.43. The van der Waals surface area contributed by atoms with Crippen LogP contribution in [0.5, 0.6) is 0 Å². The Bertz CT molecular complexity index is 349. The lowest BCUT2D eigenvalue weighted by molar-refractivity contribution is -0.255. The molecule has 18 heavy (non-hydrogen) atoms. The highest BCUT2D eigenvalue weighted by Crippen LogP contribution is 2.13. The van der Waals surface area contributed by atoms with Crippen LogP contribution in [0.15, 0.2) is 0 Å². The molecule has 1 fully saturated rings. The van der Waals surface area contributed by atoms with Crippen molar-refractivity contribution in [2.45, 2.75) is 32.1 Å². The average Bonchev–Trinajstić information content (AvgIpc) is 2.61. The third-order valence-electron chi connectivity index (χ3n) is 2.14. The van der Waals surface area contributed by atoms with Gasteiger partial charge >= 0.3 is 11.9 Å². The molecule has 1 rings (SSSR count). The third kappa shape index (κ3) is 4.13. The van der Waals surface area contributed by atoms with Crippen molar-refractivity contribution in [3.05, 3.63) is 0 Å². The Morgan fingerprint density at radius 3 is 2.22 bits per heavy atom. The summed E-state index contributed by atoms with van der Waals surface area (Å²) in [6.45, 7) is 0. The van der Waals surface area contributed by atoms with Gasteiger partial charge in [0.2, 0.25) is 0 Å². The lowest BCUT2D eigenvalue weighted by atomic mass is 10.2. The smallest absolute Gasteiger partial charge is 0.330 e. The van der Waals surface area contributed by atoms with Crippen LogP contribution < -0.4 is 0 Å². The third-order valence-corrected chi connectivity index (χ3v) is 2.14. The van der Waals surface area contributed by atoms with Crippen LogP contribution >= 0.6 is 0 Å². The Morgan fingerprint density at radius 1 is 1.11 bits per heavy atom. The van der Waals surface area contributed by atoms with Crippen LogP contribution in [0.1, 0.15) is 32.1 Å². The standard InChI is InChI=1S/C10H13NO7/c1-16-18-10(15)4-2-3-9(14)17-11-7(12)5-6-8(11)13/h2-6H2,1H3. The Morgan fingerprint density at radius 2 is 1.67 bits per heavy atom. The van der Waals surface area contributed by atoms with Crippen molar-refractivity contribution in [1.29, 1.82) is 0 Å². The topological polar surface area (TPSA) is 99.2 Å². The van der Waals surface area contributed by atoms with Crippen LogP contribution in [0.2, 0.25) is 0 Å². The minimum Gasteiger partial charge on any atom is -0.330 e. The molecule has 0 atom stereocenters. The van der Waals surface area contributed by atoms with Crippen LogP contribution in [0.3, 0.4) is 0 Å². The highest BCUT2D eigenvalue weighted by atomic mass is 17.2. The molecule has 100 valence electrons. The molecule has 1 aliphatic rings. The monoisotopic (exact) mass is 259 g/mol. The Kier molecular flexibility index (Phi) is 5.25. The van der Waals surface area contributed by atoms with Crippen molar-refractivity contribution in [1.82, 2.24) is 5.06 Å². The first-order valence-corrected chi connectivity index (χ1v) is 5.34. The maximum atomic E-state index is 11.3. The van der Waals surface area contributed by atoms with Gasteiger partial charge in [0.05, 0.1) is 7.11 Å². The molecule has 0 aromatic rings. The van der Waals surface area contributed by atoms with Gasteiger partial charge in [-0.1, -0.05) is 0 Å². The van der Waals surface area contributed by atoms with Crippen molar-refractivity contribution < 1.29 is 33.8 Å². The fourth-order valence-corrected chi connectivity index (χ4v) is 1.32. The summed E-state index contributed by atoms with van der Waals surface area (Å²) in [4.78, 5) is 57.3. The van der Waals surface area contributed by atoms with Crippen LogP contribution in [-0.2, 0) is 33.8 Å². The van der Waals surface area contributed by atoms with Crippen LogP contribution in [0.25, 0.3) is 0 Å². The highest BCUT2D eigenvalue weighted by molar-refractivity contribution is 6.01. The van der Waals surface area contributed by atoms with E-state index in [1.807, 2.05) is 0 Å². The summed E-state index contributed by atoms with van der Waals surface area (Å²) in [6, 6.07) is 0. The molecule has 0 aromatic heterocycles. The van der Waals surface area contributed by atoms with Gasteiger partial charge in [0.1, 0.15) is 0 Å². The molecule has 8 heteroatoms. The molecule has 0 aliphatic carbocycles. The average molecular weight is 259 g/mol. The number of hydrogen-bond donors (Lipinski definition) is 0. The molecule has 0 N–H and O–H groups in total. The zero-order valence-electron chi connectivity index (χ0n) is 9.84. The summed E-state index contributed by atoms with van der Waals surface area (Å²) >= 11 is 0. The molecule has 0 unspecified atom stereocenters. The van der Waals surface area contributed by atoms with E-state index < -0.39 is 23.8 Å². The predicted octanol–water partition coefficient (Wildman–Crippen LogP) is -0.132. The first kappa shape index (κ1) is 14.1. The maximum Gasteiger partial charge on any atom is 0.342 e. The van der Waals surface area contributed by atoms with Gasteiger partial charge < -0.3 is 4.84 Å².